The Morgan fingerprint density at radius 2 is 2.12 bits per heavy atom. The number of carbonyl (C=O) groups excluding carboxylic acids is 1. The number of hydrogen-bond acceptors (Lipinski definition) is 5. The fraction of sp³-hybridized carbons (Fsp3) is 0.600. The van der Waals surface area contributed by atoms with Gasteiger partial charge in [0.1, 0.15) is 0 Å². The quantitative estimate of drug-likeness (QED) is 0.815. The van der Waals surface area contributed by atoms with Gasteiger partial charge in [0.2, 0.25) is 5.89 Å². The molecule has 0 aliphatic carbocycles. The summed E-state index contributed by atoms with van der Waals surface area (Å²) >= 11 is 0. The Morgan fingerprint density at radius 1 is 1.47 bits per heavy atom. The topological polar surface area (TPSA) is 96.5 Å². The first-order valence-electron chi connectivity index (χ1n) is 5.25. The Labute approximate surface area is 98.4 Å². The summed E-state index contributed by atoms with van der Waals surface area (Å²) in [5, 5.41) is 12.1. The van der Waals surface area contributed by atoms with E-state index in [9.17, 15) is 9.59 Å². The normalized spacial score (nSPS) is 10.6. The Balaban J connectivity index is 2.77. The highest BCUT2D eigenvalue weighted by Crippen LogP contribution is 2.06. The zero-order valence-electron chi connectivity index (χ0n) is 10.0. The van der Waals surface area contributed by atoms with Crippen molar-refractivity contribution in [3.63, 3.8) is 0 Å². The third-order valence-corrected chi connectivity index (χ3v) is 2.17. The first-order chi connectivity index (χ1) is 7.91. The lowest BCUT2D eigenvalue weighted by molar-refractivity contribution is -0.137. The number of rotatable bonds is 5. The van der Waals surface area contributed by atoms with Crippen LogP contribution in [0.5, 0.6) is 0 Å². The molecular weight excluding hydrogens is 226 g/mol. The molecule has 94 valence electrons. The van der Waals surface area contributed by atoms with Crippen LogP contribution in [0.4, 0.5) is 0 Å². The monoisotopic (exact) mass is 241 g/mol. The zero-order chi connectivity index (χ0) is 13.0. The molecule has 0 aliphatic rings. The van der Waals surface area contributed by atoms with Crippen molar-refractivity contribution in [1.29, 1.82) is 0 Å². The number of carboxylic acid groups (broad SMARTS) is 1. The van der Waals surface area contributed by atoms with Gasteiger partial charge in [-0.15, -0.1) is 0 Å². The number of amides is 1. The molecule has 0 bridgehead atoms. The van der Waals surface area contributed by atoms with Crippen molar-refractivity contribution < 1.29 is 19.2 Å². The molecule has 1 aromatic heterocycles. The van der Waals surface area contributed by atoms with Gasteiger partial charge in [0.05, 0.1) is 6.42 Å². The van der Waals surface area contributed by atoms with E-state index in [0.29, 0.717) is 5.89 Å². The minimum Gasteiger partial charge on any atom is -0.481 e. The predicted molar refractivity (Wildman–Crippen MR) is 57.5 cm³/mol. The lowest BCUT2D eigenvalue weighted by atomic mass is 10.2. The molecule has 0 unspecified atom stereocenters. The van der Waals surface area contributed by atoms with Gasteiger partial charge in [-0.05, 0) is 13.8 Å². The van der Waals surface area contributed by atoms with Crippen molar-refractivity contribution in [2.75, 3.05) is 6.54 Å². The number of carboxylic acids is 1. The molecule has 7 nitrogen and oxygen atoms in total. The number of aromatic nitrogens is 2. The van der Waals surface area contributed by atoms with Gasteiger partial charge in [0, 0.05) is 19.5 Å². The number of hydrogen-bond donors (Lipinski definition) is 1. The molecule has 0 aromatic carbocycles. The lowest BCUT2D eigenvalue weighted by Crippen LogP contribution is -2.39. The molecule has 1 aromatic rings. The first kappa shape index (κ1) is 13.1. The van der Waals surface area contributed by atoms with E-state index < -0.39 is 11.9 Å². The average Bonchev–Trinajstić information content (AvgIpc) is 2.63. The molecule has 0 aliphatic heterocycles. The zero-order valence-corrected chi connectivity index (χ0v) is 10.0. The standard InChI is InChI=1S/C10H15N3O4/c1-6(2)13(5-4-8(14)15)10(16)9-11-7(3)17-12-9/h6H,4-5H2,1-3H3,(H,14,15). The van der Waals surface area contributed by atoms with E-state index in [1.54, 1.807) is 20.8 Å². The van der Waals surface area contributed by atoms with Gasteiger partial charge in [-0.25, -0.2) is 0 Å². The van der Waals surface area contributed by atoms with Gasteiger partial charge in [-0.2, -0.15) is 4.98 Å². The highest BCUT2D eigenvalue weighted by molar-refractivity contribution is 5.90. The second-order valence-electron chi connectivity index (χ2n) is 3.87. The molecule has 0 saturated heterocycles. The predicted octanol–water partition coefficient (Wildman–Crippen LogP) is 0.703. The Hall–Kier alpha value is -1.92. The summed E-state index contributed by atoms with van der Waals surface area (Å²) in [5.74, 6) is -1.11. The van der Waals surface area contributed by atoms with Crippen LogP contribution in [-0.4, -0.2) is 44.6 Å². The summed E-state index contributed by atoms with van der Waals surface area (Å²) in [6, 6.07) is -0.124. The third-order valence-electron chi connectivity index (χ3n) is 2.17. The number of aryl methyl sites for hydroxylation is 1. The molecule has 0 radical (unpaired) electrons. The van der Waals surface area contributed by atoms with Gasteiger partial charge >= 0.3 is 5.97 Å². The van der Waals surface area contributed by atoms with Gasteiger partial charge in [0.25, 0.3) is 11.7 Å². The Morgan fingerprint density at radius 3 is 2.53 bits per heavy atom. The maximum absolute atomic E-state index is 12.0. The van der Waals surface area contributed by atoms with E-state index in [-0.39, 0.29) is 24.8 Å². The van der Waals surface area contributed by atoms with Crippen LogP contribution in [0, 0.1) is 6.92 Å². The Kier molecular flexibility index (Phi) is 4.19. The van der Waals surface area contributed by atoms with Gasteiger partial charge in [-0.3, -0.25) is 9.59 Å². The van der Waals surface area contributed by atoms with Gasteiger partial charge < -0.3 is 14.5 Å². The number of nitrogens with zero attached hydrogens (tertiary/aromatic N) is 3. The highest BCUT2D eigenvalue weighted by atomic mass is 16.5. The maximum atomic E-state index is 12.0. The van der Waals surface area contributed by atoms with Crippen LogP contribution >= 0.6 is 0 Å². The second-order valence-corrected chi connectivity index (χ2v) is 3.87. The van der Waals surface area contributed by atoms with E-state index in [1.165, 1.54) is 4.90 Å². The van der Waals surface area contributed by atoms with Crippen molar-refractivity contribution >= 4 is 11.9 Å². The number of aliphatic carboxylic acids is 1. The van der Waals surface area contributed by atoms with Crippen LogP contribution in [0.2, 0.25) is 0 Å². The molecule has 1 N–H and O–H groups in total. The average molecular weight is 241 g/mol. The van der Waals surface area contributed by atoms with Crippen LogP contribution in [0.25, 0.3) is 0 Å². The van der Waals surface area contributed by atoms with Gasteiger partial charge in [-0.1, -0.05) is 5.16 Å². The summed E-state index contributed by atoms with van der Waals surface area (Å²) in [6.07, 6.45) is -0.110. The molecule has 0 atom stereocenters. The van der Waals surface area contributed by atoms with Crippen molar-refractivity contribution in [3.8, 4) is 0 Å². The minimum atomic E-state index is -0.951. The summed E-state index contributed by atoms with van der Waals surface area (Å²) in [7, 11) is 0. The van der Waals surface area contributed by atoms with Gasteiger partial charge in [0.15, 0.2) is 0 Å². The first-order valence-corrected chi connectivity index (χ1v) is 5.25. The van der Waals surface area contributed by atoms with E-state index >= 15 is 0 Å². The fourth-order valence-corrected chi connectivity index (χ4v) is 1.32. The third kappa shape index (κ3) is 3.54. The number of carbonyl (C=O) groups is 2. The van der Waals surface area contributed by atoms with E-state index in [0.717, 1.165) is 0 Å². The minimum absolute atomic E-state index is 0.0402. The largest absolute Gasteiger partial charge is 0.481 e. The summed E-state index contributed by atoms with van der Waals surface area (Å²) in [5.41, 5.74) is 0. The summed E-state index contributed by atoms with van der Waals surface area (Å²) < 4.78 is 4.72. The molecule has 0 saturated carbocycles. The summed E-state index contributed by atoms with van der Waals surface area (Å²) in [4.78, 5) is 27.7. The fourth-order valence-electron chi connectivity index (χ4n) is 1.32. The van der Waals surface area contributed by atoms with Crippen molar-refractivity contribution in [2.24, 2.45) is 0 Å². The second kappa shape index (κ2) is 5.42. The molecule has 0 spiro atoms. The van der Waals surface area contributed by atoms with E-state index in [1.807, 2.05) is 0 Å². The molecule has 7 heteroatoms. The van der Waals surface area contributed by atoms with Crippen LogP contribution in [0.15, 0.2) is 4.52 Å². The van der Waals surface area contributed by atoms with E-state index in [4.69, 9.17) is 9.63 Å². The molecule has 1 rings (SSSR count). The van der Waals surface area contributed by atoms with Crippen molar-refractivity contribution in [1.82, 2.24) is 15.0 Å². The van der Waals surface area contributed by atoms with Crippen molar-refractivity contribution in [3.05, 3.63) is 11.7 Å². The van der Waals surface area contributed by atoms with E-state index in [2.05, 4.69) is 10.1 Å². The summed E-state index contributed by atoms with van der Waals surface area (Å²) in [6.45, 7) is 5.31. The molecule has 17 heavy (non-hydrogen) atoms. The smallest absolute Gasteiger partial charge is 0.305 e. The van der Waals surface area contributed by atoms with Crippen LogP contribution in [-0.2, 0) is 4.79 Å². The highest BCUT2D eigenvalue weighted by Gasteiger charge is 2.23. The molecule has 1 amide bonds. The molecule has 0 fully saturated rings. The van der Waals surface area contributed by atoms with Crippen LogP contribution in [0.1, 0.15) is 36.8 Å². The maximum Gasteiger partial charge on any atom is 0.305 e. The molecular formula is C10H15N3O4. The lowest BCUT2D eigenvalue weighted by Gasteiger charge is -2.24. The SMILES string of the molecule is Cc1nc(C(=O)N(CCC(=O)O)C(C)C)no1. The Bertz CT molecular complexity index is 413. The van der Waals surface area contributed by atoms with Crippen LogP contribution in [0.3, 0.4) is 0 Å². The van der Waals surface area contributed by atoms with Crippen molar-refractivity contribution in [2.45, 2.75) is 33.2 Å². The van der Waals surface area contributed by atoms with Crippen LogP contribution < -0.4 is 0 Å². The molecule has 1 heterocycles.